The molecule has 10 nitrogen and oxygen atoms in total. The van der Waals surface area contributed by atoms with Gasteiger partial charge < -0.3 is 25.0 Å². The molecule has 2 N–H and O–H groups in total. The van der Waals surface area contributed by atoms with Crippen LogP contribution in [0.25, 0.3) is 10.9 Å². The lowest BCUT2D eigenvalue weighted by Crippen LogP contribution is -2.45. The van der Waals surface area contributed by atoms with Gasteiger partial charge >= 0.3 is 0 Å². The van der Waals surface area contributed by atoms with Gasteiger partial charge in [0.15, 0.2) is 4.84 Å². The number of halogens is 4. The minimum Gasteiger partial charge on any atom is -0.491 e. The number of ether oxygens (including phenoxy) is 2. The first-order valence-corrected chi connectivity index (χ1v) is 14.9. The SMILES string of the molecule is O=C(Nc1cc2c(Nc3ccc(F)c(Cl)c3)ncnc2cc1OCCCN1CCOCC1)[C@H]1CCCN1C(=O)C(Cl)Cl. The van der Waals surface area contributed by atoms with Gasteiger partial charge in [-0.25, -0.2) is 14.4 Å². The Kier molecular flexibility index (Phi) is 10.2. The van der Waals surface area contributed by atoms with Gasteiger partial charge in [0.1, 0.15) is 29.8 Å². The lowest BCUT2D eigenvalue weighted by molar-refractivity contribution is -0.135. The Hall–Kier alpha value is -2.96. The lowest BCUT2D eigenvalue weighted by Gasteiger charge is -2.26. The minimum atomic E-state index is -1.25. The Labute approximate surface area is 257 Å². The second kappa shape index (κ2) is 14.0. The highest BCUT2D eigenvalue weighted by Crippen LogP contribution is 2.35. The molecule has 2 aromatic carbocycles. The zero-order valence-electron chi connectivity index (χ0n) is 22.6. The summed E-state index contributed by atoms with van der Waals surface area (Å²) in [7, 11) is 0. The van der Waals surface area contributed by atoms with Gasteiger partial charge in [-0.3, -0.25) is 14.5 Å². The van der Waals surface area contributed by atoms with Crippen LogP contribution < -0.4 is 15.4 Å². The van der Waals surface area contributed by atoms with Crippen molar-refractivity contribution in [3.05, 3.63) is 47.5 Å². The first-order chi connectivity index (χ1) is 20.3. The highest BCUT2D eigenvalue weighted by Gasteiger charge is 2.36. The molecule has 2 aliphatic rings. The fourth-order valence-electron chi connectivity index (χ4n) is 5.05. The number of fused-ring (bicyclic) bond motifs is 1. The summed E-state index contributed by atoms with van der Waals surface area (Å²) in [5.74, 6) is -0.585. The molecule has 2 saturated heterocycles. The Bertz CT molecular complexity index is 1440. The van der Waals surface area contributed by atoms with Crippen LogP contribution in [0.4, 0.5) is 21.6 Å². The molecule has 2 amide bonds. The number of hydrogen-bond acceptors (Lipinski definition) is 8. The van der Waals surface area contributed by atoms with E-state index < -0.39 is 22.6 Å². The highest BCUT2D eigenvalue weighted by molar-refractivity contribution is 6.53. The molecule has 5 rings (SSSR count). The number of anilines is 3. The molecule has 0 unspecified atom stereocenters. The van der Waals surface area contributed by atoms with E-state index >= 15 is 0 Å². The van der Waals surface area contributed by atoms with Crippen LogP contribution in [0.5, 0.6) is 5.75 Å². The van der Waals surface area contributed by atoms with Crippen molar-refractivity contribution in [1.82, 2.24) is 19.8 Å². The van der Waals surface area contributed by atoms with E-state index in [9.17, 15) is 14.0 Å². The van der Waals surface area contributed by atoms with Gasteiger partial charge in [0.2, 0.25) is 5.91 Å². The first kappa shape index (κ1) is 30.5. The average Bonchev–Trinajstić information content (AvgIpc) is 3.48. The maximum Gasteiger partial charge on any atom is 0.256 e. The number of alkyl halides is 2. The molecule has 0 radical (unpaired) electrons. The van der Waals surface area contributed by atoms with E-state index in [0.717, 1.165) is 39.3 Å². The number of nitrogens with one attached hydrogen (secondary N) is 2. The number of hydrogen-bond donors (Lipinski definition) is 2. The third-order valence-electron chi connectivity index (χ3n) is 7.18. The van der Waals surface area contributed by atoms with Crippen LogP contribution in [0.1, 0.15) is 19.3 Å². The number of likely N-dealkylation sites (tertiary alicyclic amines) is 1. The zero-order valence-corrected chi connectivity index (χ0v) is 24.9. The number of morpholine rings is 1. The maximum atomic E-state index is 13.7. The highest BCUT2D eigenvalue weighted by atomic mass is 35.5. The lowest BCUT2D eigenvalue weighted by atomic mass is 10.1. The van der Waals surface area contributed by atoms with Crippen molar-refractivity contribution in [2.75, 3.05) is 56.6 Å². The quantitative estimate of drug-likeness (QED) is 0.236. The second-order valence-corrected chi connectivity index (χ2v) is 11.5. The summed E-state index contributed by atoms with van der Waals surface area (Å²) >= 11 is 17.6. The van der Waals surface area contributed by atoms with E-state index in [1.165, 1.54) is 29.4 Å². The van der Waals surface area contributed by atoms with E-state index in [1.54, 1.807) is 12.1 Å². The molecule has 1 atom stereocenters. The van der Waals surface area contributed by atoms with Gasteiger partial charge in [-0.15, -0.1) is 0 Å². The van der Waals surface area contributed by atoms with Crippen LogP contribution in [0.2, 0.25) is 5.02 Å². The van der Waals surface area contributed by atoms with Crippen molar-refractivity contribution in [3.8, 4) is 5.75 Å². The van der Waals surface area contributed by atoms with E-state index in [4.69, 9.17) is 44.3 Å². The standard InChI is InChI=1S/C28H30Cl3FN6O4/c29-19-13-17(4-5-20(19)32)35-26-18-14-22(36-27(39)23-3-1-7-38(23)28(40)25(30)31)24(15-21(18)33-16-34-26)42-10-2-6-37-8-11-41-12-9-37/h4-5,13-16,23,25H,1-3,6-12H2,(H,36,39)(H,33,34,35)/t23-/m1/s1. The van der Waals surface area contributed by atoms with Crippen LogP contribution in [-0.2, 0) is 14.3 Å². The summed E-state index contributed by atoms with van der Waals surface area (Å²) in [6, 6.07) is 6.96. The summed E-state index contributed by atoms with van der Waals surface area (Å²) in [5, 5.41) is 6.62. The van der Waals surface area contributed by atoms with Crippen molar-refractivity contribution in [2.24, 2.45) is 0 Å². The van der Waals surface area contributed by atoms with Crippen LogP contribution in [0.15, 0.2) is 36.7 Å². The van der Waals surface area contributed by atoms with Crippen LogP contribution in [0, 0.1) is 5.82 Å². The Morgan fingerprint density at radius 2 is 1.95 bits per heavy atom. The number of nitrogens with zero attached hydrogens (tertiary/aromatic N) is 4. The molecular formula is C28H30Cl3FN6O4. The minimum absolute atomic E-state index is 0.0362. The molecule has 2 fully saturated rings. The predicted molar refractivity (Wildman–Crippen MR) is 160 cm³/mol. The molecule has 42 heavy (non-hydrogen) atoms. The fraction of sp³-hybridized carbons (Fsp3) is 0.429. The topological polar surface area (TPSA) is 109 Å². The Balaban J connectivity index is 1.41. The monoisotopic (exact) mass is 638 g/mol. The Morgan fingerprint density at radius 1 is 1.14 bits per heavy atom. The van der Waals surface area contributed by atoms with E-state index in [0.29, 0.717) is 59.8 Å². The molecule has 0 spiro atoms. The Morgan fingerprint density at radius 3 is 2.71 bits per heavy atom. The van der Waals surface area contributed by atoms with Gasteiger partial charge in [0, 0.05) is 43.3 Å². The van der Waals surface area contributed by atoms with Crippen molar-refractivity contribution >= 4 is 74.7 Å². The normalized spacial score (nSPS) is 17.5. The van der Waals surface area contributed by atoms with Crippen molar-refractivity contribution in [2.45, 2.75) is 30.1 Å². The number of aromatic nitrogens is 2. The molecular weight excluding hydrogens is 610 g/mol. The number of amides is 2. The third-order valence-corrected chi connectivity index (χ3v) is 7.85. The van der Waals surface area contributed by atoms with Crippen molar-refractivity contribution < 1.29 is 23.5 Å². The molecule has 2 aliphatic heterocycles. The molecule has 224 valence electrons. The zero-order chi connectivity index (χ0) is 29.6. The number of carbonyl (C=O) groups excluding carboxylic acids is 2. The smallest absolute Gasteiger partial charge is 0.256 e. The van der Waals surface area contributed by atoms with E-state index in [-0.39, 0.29) is 10.9 Å². The van der Waals surface area contributed by atoms with Crippen LogP contribution in [-0.4, -0.2) is 88.5 Å². The van der Waals surface area contributed by atoms with Crippen molar-refractivity contribution in [1.29, 1.82) is 0 Å². The average molecular weight is 640 g/mol. The molecule has 1 aromatic heterocycles. The maximum absolute atomic E-state index is 13.7. The number of benzene rings is 2. The number of rotatable bonds is 10. The first-order valence-electron chi connectivity index (χ1n) is 13.6. The second-order valence-electron chi connectivity index (χ2n) is 9.98. The van der Waals surface area contributed by atoms with Crippen LogP contribution in [0.3, 0.4) is 0 Å². The molecule has 3 heterocycles. The molecule has 3 aromatic rings. The summed E-state index contributed by atoms with van der Waals surface area (Å²) in [5.41, 5.74) is 1.47. The summed E-state index contributed by atoms with van der Waals surface area (Å²) < 4.78 is 25.3. The summed E-state index contributed by atoms with van der Waals surface area (Å²) in [6.07, 6.45) is 3.29. The molecule has 0 aliphatic carbocycles. The van der Waals surface area contributed by atoms with Gasteiger partial charge in [-0.05, 0) is 43.5 Å². The van der Waals surface area contributed by atoms with Gasteiger partial charge in [0.05, 0.1) is 36.0 Å². The van der Waals surface area contributed by atoms with E-state index in [2.05, 4.69) is 25.5 Å². The molecule has 0 saturated carbocycles. The van der Waals surface area contributed by atoms with Crippen molar-refractivity contribution in [3.63, 3.8) is 0 Å². The summed E-state index contributed by atoms with van der Waals surface area (Å²) in [4.78, 5) is 37.2. The molecule has 14 heteroatoms. The summed E-state index contributed by atoms with van der Waals surface area (Å²) in [6.45, 7) is 4.85. The van der Waals surface area contributed by atoms with Crippen LogP contribution >= 0.6 is 34.8 Å². The largest absolute Gasteiger partial charge is 0.491 e. The third kappa shape index (κ3) is 7.33. The van der Waals surface area contributed by atoms with Gasteiger partial charge in [0.25, 0.3) is 5.91 Å². The predicted octanol–water partition coefficient (Wildman–Crippen LogP) is 5.00. The fourth-order valence-corrected chi connectivity index (χ4v) is 5.48. The van der Waals surface area contributed by atoms with E-state index in [1.807, 2.05) is 0 Å². The number of carbonyl (C=O) groups is 2. The van der Waals surface area contributed by atoms with Gasteiger partial charge in [-0.1, -0.05) is 34.8 Å². The van der Waals surface area contributed by atoms with Gasteiger partial charge in [-0.2, -0.15) is 0 Å². The molecule has 0 bridgehead atoms.